The molecule has 0 saturated carbocycles. The monoisotopic (exact) mass is 366 g/mol. The van der Waals surface area contributed by atoms with Crippen LogP contribution in [0, 0.1) is 0 Å². The zero-order valence-electron chi connectivity index (χ0n) is 15.9. The first kappa shape index (κ1) is 17.7. The summed E-state index contributed by atoms with van der Waals surface area (Å²) >= 11 is 0. The number of hydrogen-bond acceptors (Lipinski definition) is 4. The Labute approximate surface area is 158 Å². The first-order valence-electron chi connectivity index (χ1n) is 9.61. The minimum Gasteiger partial charge on any atom is -0.330 e. The molecule has 7 nitrogen and oxygen atoms in total. The second-order valence-corrected chi connectivity index (χ2v) is 7.40. The van der Waals surface area contributed by atoms with Crippen LogP contribution < -0.4 is 11.0 Å². The molecule has 2 aromatic heterocycles. The van der Waals surface area contributed by atoms with E-state index in [4.69, 9.17) is 5.10 Å². The van der Waals surface area contributed by atoms with Crippen molar-refractivity contribution in [2.45, 2.75) is 45.2 Å². The van der Waals surface area contributed by atoms with Crippen molar-refractivity contribution in [1.82, 2.24) is 29.2 Å². The van der Waals surface area contributed by atoms with E-state index in [1.165, 1.54) is 0 Å². The van der Waals surface area contributed by atoms with Crippen molar-refractivity contribution in [3.8, 4) is 5.69 Å². The van der Waals surface area contributed by atoms with Crippen LogP contribution in [-0.4, -0.2) is 37.0 Å². The quantitative estimate of drug-likeness (QED) is 0.752. The van der Waals surface area contributed by atoms with Crippen LogP contribution in [0.25, 0.3) is 5.69 Å². The average molecular weight is 366 g/mol. The number of nitrogens with zero attached hydrogens (tertiary/aromatic N) is 5. The van der Waals surface area contributed by atoms with Crippen molar-refractivity contribution >= 4 is 0 Å². The summed E-state index contributed by atoms with van der Waals surface area (Å²) in [6.45, 7) is 6.52. The van der Waals surface area contributed by atoms with Gasteiger partial charge in [-0.05, 0) is 45.4 Å². The molecule has 7 heteroatoms. The van der Waals surface area contributed by atoms with Crippen LogP contribution in [0.4, 0.5) is 0 Å². The molecule has 0 spiro atoms. The Morgan fingerprint density at radius 3 is 2.78 bits per heavy atom. The van der Waals surface area contributed by atoms with Crippen molar-refractivity contribution < 1.29 is 0 Å². The summed E-state index contributed by atoms with van der Waals surface area (Å²) in [4.78, 5) is 17.5. The van der Waals surface area contributed by atoms with Crippen molar-refractivity contribution in [1.29, 1.82) is 0 Å². The summed E-state index contributed by atoms with van der Waals surface area (Å²) in [7, 11) is 0. The van der Waals surface area contributed by atoms with Crippen LogP contribution in [0.1, 0.15) is 50.2 Å². The zero-order chi connectivity index (χ0) is 18.8. The molecule has 1 saturated heterocycles. The maximum absolute atomic E-state index is 13.3. The standard InChI is InChI=1S/C20H26N6O/c1-15(2)24-14-22-12-18(24)13-25-20(27)26(17-8-4-3-5-9-17)19(23-25)16-7-6-10-21-11-16/h3-5,8-9,12,14-16,21H,6-7,10-11,13H2,1-2H3/t16-/m1/s1. The van der Waals surface area contributed by atoms with Gasteiger partial charge in [0.25, 0.3) is 0 Å². The smallest absolute Gasteiger partial charge is 0.330 e. The molecule has 0 amide bonds. The highest BCUT2D eigenvalue weighted by molar-refractivity contribution is 5.33. The minimum absolute atomic E-state index is 0.0988. The van der Waals surface area contributed by atoms with Gasteiger partial charge in [-0.15, -0.1) is 0 Å². The molecule has 3 aromatic rings. The van der Waals surface area contributed by atoms with Crippen molar-refractivity contribution in [3.63, 3.8) is 0 Å². The first-order valence-corrected chi connectivity index (χ1v) is 9.61. The molecule has 142 valence electrons. The Balaban J connectivity index is 1.78. The van der Waals surface area contributed by atoms with Crippen LogP contribution in [-0.2, 0) is 6.54 Å². The summed E-state index contributed by atoms with van der Waals surface area (Å²) in [6, 6.07) is 10.1. The zero-order valence-corrected chi connectivity index (χ0v) is 15.9. The second-order valence-electron chi connectivity index (χ2n) is 7.40. The number of benzene rings is 1. The molecule has 1 atom stereocenters. The van der Waals surface area contributed by atoms with E-state index in [1.807, 2.05) is 42.9 Å². The largest absolute Gasteiger partial charge is 0.350 e. The highest BCUT2D eigenvalue weighted by Crippen LogP contribution is 2.23. The van der Waals surface area contributed by atoms with Crippen molar-refractivity contribution in [2.24, 2.45) is 0 Å². The fourth-order valence-corrected chi connectivity index (χ4v) is 3.76. The normalized spacial score (nSPS) is 17.5. The van der Waals surface area contributed by atoms with E-state index in [0.717, 1.165) is 43.1 Å². The lowest BCUT2D eigenvalue weighted by Gasteiger charge is -2.22. The molecule has 4 rings (SSSR count). The lowest BCUT2D eigenvalue weighted by Crippen LogP contribution is -2.31. The maximum atomic E-state index is 13.3. The Morgan fingerprint density at radius 1 is 1.26 bits per heavy atom. The van der Waals surface area contributed by atoms with Gasteiger partial charge < -0.3 is 9.88 Å². The fourth-order valence-electron chi connectivity index (χ4n) is 3.76. The molecule has 1 aliphatic heterocycles. The molecular weight excluding hydrogens is 340 g/mol. The Hall–Kier alpha value is -2.67. The van der Waals surface area contributed by atoms with Gasteiger partial charge in [-0.25, -0.2) is 19.0 Å². The number of hydrogen-bond donors (Lipinski definition) is 1. The number of aromatic nitrogens is 5. The fraction of sp³-hybridized carbons (Fsp3) is 0.450. The lowest BCUT2D eigenvalue weighted by molar-refractivity contribution is 0.439. The molecular formula is C20H26N6O. The van der Waals surface area contributed by atoms with Crippen LogP contribution in [0.2, 0.25) is 0 Å². The SMILES string of the molecule is CC(C)n1cncc1Cn1nc([C@@H]2CCCNC2)n(-c2ccccc2)c1=O. The first-order chi connectivity index (χ1) is 13.1. The van der Waals surface area contributed by atoms with Gasteiger partial charge in [0.1, 0.15) is 5.82 Å². The Kier molecular flexibility index (Phi) is 4.94. The molecule has 1 aromatic carbocycles. The number of para-hydroxylation sites is 1. The van der Waals surface area contributed by atoms with E-state index >= 15 is 0 Å². The topological polar surface area (TPSA) is 69.7 Å². The van der Waals surface area contributed by atoms with Gasteiger partial charge >= 0.3 is 5.69 Å². The van der Waals surface area contributed by atoms with Crippen LogP contribution in [0.5, 0.6) is 0 Å². The second kappa shape index (κ2) is 7.52. The van der Waals surface area contributed by atoms with Crippen LogP contribution in [0.15, 0.2) is 47.7 Å². The molecule has 0 unspecified atom stereocenters. The third-order valence-corrected chi connectivity index (χ3v) is 5.16. The highest BCUT2D eigenvalue weighted by atomic mass is 16.2. The lowest BCUT2D eigenvalue weighted by atomic mass is 9.99. The third kappa shape index (κ3) is 3.47. The van der Waals surface area contributed by atoms with E-state index in [1.54, 1.807) is 9.25 Å². The van der Waals surface area contributed by atoms with E-state index < -0.39 is 0 Å². The predicted octanol–water partition coefficient (Wildman–Crippen LogP) is 2.33. The summed E-state index contributed by atoms with van der Waals surface area (Å²) in [5.41, 5.74) is 1.75. The summed E-state index contributed by atoms with van der Waals surface area (Å²) in [6.07, 6.45) is 5.77. The molecule has 0 bridgehead atoms. The van der Waals surface area contributed by atoms with E-state index in [-0.39, 0.29) is 17.6 Å². The van der Waals surface area contributed by atoms with Gasteiger partial charge in [-0.3, -0.25) is 0 Å². The molecule has 1 N–H and O–H groups in total. The number of nitrogens with one attached hydrogen (secondary N) is 1. The van der Waals surface area contributed by atoms with Crippen molar-refractivity contribution in [2.75, 3.05) is 13.1 Å². The number of piperidine rings is 1. The Bertz CT molecular complexity index is 947. The molecule has 3 heterocycles. The average Bonchev–Trinajstić information content (AvgIpc) is 3.29. The van der Waals surface area contributed by atoms with Gasteiger partial charge in [-0.2, -0.15) is 5.10 Å². The minimum atomic E-state index is -0.0988. The summed E-state index contributed by atoms with van der Waals surface area (Å²) in [5, 5.41) is 8.20. The summed E-state index contributed by atoms with van der Waals surface area (Å²) < 4.78 is 5.43. The molecule has 1 fully saturated rings. The Morgan fingerprint density at radius 2 is 2.07 bits per heavy atom. The summed E-state index contributed by atoms with van der Waals surface area (Å²) in [5.74, 6) is 1.08. The molecule has 0 aliphatic carbocycles. The third-order valence-electron chi connectivity index (χ3n) is 5.16. The highest BCUT2D eigenvalue weighted by Gasteiger charge is 2.25. The van der Waals surface area contributed by atoms with E-state index in [0.29, 0.717) is 6.54 Å². The van der Waals surface area contributed by atoms with Crippen LogP contribution >= 0.6 is 0 Å². The van der Waals surface area contributed by atoms with Gasteiger partial charge in [0.05, 0.1) is 30.5 Å². The predicted molar refractivity (Wildman–Crippen MR) is 104 cm³/mol. The van der Waals surface area contributed by atoms with Crippen molar-refractivity contribution in [3.05, 3.63) is 64.9 Å². The van der Waals surface area contributed by atoms with Gasteiger partial charge in [0, 0.05) is 18.5 Å². The molecule has 27 heavy (non-hydrogen) atoms. The number of imidazole rings is 1. The number of rotatable bonds is 5. The van der Waals surface area contributed by atoms with Gasteiger partial charge in [0.2, 0.25) is 0 Å². The molecule has 0 radical (unpaired) electrons. The van der Waals surface area contributed by atoms with E-state index in [9.17, 15) is 4.79 Å². The van der Waals surface area contributed by atoms with Gasteiger partial charge in [0.15, 0.2) is 0 Å². The van der Waals surface area contributed by atoms with E-state index in [2.05, 4.69) is 28.7 Å². The van der Waals surface area contributed by atoms with Gasteiger partial charge in [-0.1, -0.05) is 18.2 Å². The van der Waals surface area contributed by atoms with Crippen LogP contribution in [0.3, 0.4) is 0 Å². The molecule has 1 aliphatic rings. The maximum Gasteiger partial charge on any atom is 0.350 e.